The first-order chi connectivity index (χ1) is 13.0. The molecule has 2 heterocycles. The zero-order valence-electron chi connectivity index (χ0n) is 15.7. The molecule has 0 bridgehead atoms. The average Bonchev–Trinajstić information content (AvgIpc) is 3.20. The van der Waals surface area contributed by atoms with E-state index in [4.69, 9.17) is 16.3 Å². The quantitative estimate of drug-likeness (QED) is 0.734. The molecule has 2 N–H and O–H groups in total. The molecule has 1 fully saturated rings. The molecule has 0 radical (unpaired) electrons. The zero-order valence-corrected chi connectivity index (χ0v) is 17.3. The van der Waals surface area contributed by atoms with Crippen LogP contribution in [0.15, 0.2) is 35.7 Å². The molecule has 0 unspecified atom stereocenters. The van der Waals surface area contributed by atoms with Crippen LogP contribution in [0.2, 0.25) is 5.02 Å². The first-order valence-corrected chi connectivity index (χ1v) is 10.5. The number of hydrogen-bond acceptors (Lipinski definition) is 5. The number of carbonyl (C=O) groups is 1. The fraction of sp³-hybridized carbons (Fsp3) is 0.450. The Morgan fingerprint density at radius 1 is 1.33 bits per heavy atom. The van der Waals surface area contributed by atoms with E-state index in [9.17, 15) is 4.79 Å². The van der Waals surface area contributed by atoms with Crippen LogP contribution >= 0.6 is 22.9 Å². The second-order valence-electron chi connectivity index (χ2n) is 6.76. The number of halogens is 1. The van der Waals surface area contributed by atoms with Gasteiger partial charge in [0.05, 0.1) is 25.3 Å². The van der Waals surface area contributed by atoms with Crippen molar-refractivity contribution >= 4 is 34.5 Å². The Balaban J connectivity index is 1.60. The highest BCUT2D eigenvalue weighted by Gasteiger charge is 2.25. The van der Waals surface area contributed by atoms with Gasteiger partial charge in [-0.2, -0.15) is 0 Å². The molecule has 3 rings (SSSR count). The van der Waals surface area contributed by atoms with E-state index in [1.807, 2.05) is 26.0 Å². The average molecular weight is 408 g/mol. The third-order valence-electron chi connectivity index (χ3n) is 4.83. The van der Waals surface area contributed by atoms with Crippen molar-refractivity contribution in [1.29, 1.82) is 0 Å². The Morgan fingerprint density at radius 2 is 2.11 bits per heavy atom. The maximum atomic E-state index is 12.6. The predicted octanol–water partition coefficient (Wildman–Crippen LogP) is 3.70. The second kappa shape index (κ2) is 9.66. The van der Waals surface area contributed by atoms with Crippen LogP contribution < -0.4 is 10.6 Å². The molecule has 27 heavy (non-hydrogen) atoms. The van der Waals surface area contributed by atoms with Crippen LogP contribution in [0.25, 0.3) is 0 Å². The largest absolute Gasteiger partial charge is 0.379 e. The maximum absolute atomic E-state index is 12.6. The van der Waals surface area contributed by atoms with Gasteiger partial charge >= 0.3 is 0 Å². The Morgan fingerprint density at radius 3 is 2.81 bits per heavy atom. The topological polar surface area (TPSA) is 53.6 Å². The van der Waals surface area contributed by atoms with Crippen molar-refractivity contribution in [3.05, 3.63) is 51.2 Å². The highest BCUT2D eigenvalue weighted by atomic mass is 35.5. The summed E-state index contributed by atoms with van der Waals surface area (Å²) in [6, 6.07) is 9.68. The van der Waals surface area contributed by atoms with Crippen LogP contribution in [0.1, 0.15) is 23.4 Å². The molecular weight excluding hydrogens is 382 g/mol. The number of hydrogen-bond donors (Lipinski definition) is 2. The molecule has 1 aromatic carbocycles. The van der Waals surface area contributed by atoms with Gasteiger partial charge in [-0.25, -0.2) is 0 Å². The van der Waals surface area contributed by atoms with E-state index in [0.29, 0.717) is 11.6 Å². The molecule has 5 nitrogen and oxygen atoms in total. The molecule has 0 saturated carbocycles. The smallest absolute Gasteiger partial charge is 0.241 e. The molecule has 1 aliphatic heterocycles. The lowest BCUT2D eigenvalue weighted by Crippen LogP contribution is -2.46. The molecule has 1 saturated heterocycles. The lowest BCUT2D eigenvalue weighted by molar-refractivity contribution is -0.117. The number of rotatable bonds is 7. The van der Waals surface area contributed by atoms with Crippen molar-refractivity contribution < 1.29 is 9.53 Å². The van der Waals surface area contributed by atoms with Gasteiger partial charge in [0.15, 0.2) is 0 Å². The summed E-state index contributed by atoms with van der Waals surface area (Å²) in [5.41, 5.74) is 1.74. The van der Waals surface area contributed by atoms with Gasteiger partial charge in [0.25, 0.3) is 0 Å². The lowest BCUT2D eigenvalue weighted by atomic mass is 10.1. The van der Waals surface area contributed by atoms with E-state index in [1.165, 1.54) is 4.88 Å². The Hall–Kier alpha value is -1.44. The van der Waals surface area contributed by atoms with Gasteiger partial charge in [-0.05, 0) is 43.0 Å². The summed E-state index contributed by atoms with van der Waals surface area (Å²) < 4.78 is 5.48. The summed E-state index contributed by atoms with van der Waals surface area (Å²) in [6.07, 6.45) is 0. The Labute approximate surface area is 169 Å². The summed E-state index contributed by atoms with van der Waals surface area (Å²) >= 11 is 7.80. The summed E-state index contributed by atoms with van der Waals surface area (Å²) in [5.74, 6) is -0.0627. The van der Waals surface area contributed by atoms with E-state index in [1.54, 1.807) is 17.4 Å². The highest BCUT2D eigenvalue weighted by Crippen LogP contribution is 2.25. The minimum absolute atomic E-state index is 0.0627. The van der Waals surface area contributed by atoms with Gasteiger partial charge in [0.1, 0.15) is 0 Å². The molecule has 2 aromatic rings. The SMILES string of the molecule is Cc1ccc(Cl)cc1NC(=O)[C@@H](C)NC[C@H](c1cccs1)N1CCOCC1. The number of amides is 1. The fourth-order valence-electron chi connectivity index (χ4n) is 3.13. The minimum Gasteiger partial charge on any atom is -0.379 e. The van der Waals surface area contributed by atoms with Crippen LogP contribution in [-0.2, 0) is 9.53 Å². The standard InChI is InChI=1S/C20H26ClN3O2S/c1-14-5-6-16(21)12-17(14)23-20(25)15(2)22-13-18(19-4-3-11-27-19)24-7-9-26-10-8-24/h3-6,11-12,15,18,22H,7-10,13H2,1-2H3,(H,23,25)/t15-,18-/m1/s1. The van der Waals surface area contributed by atoms with E-state index < -0.39 is 0 Å². The van der Waals surface area contributed by atoms with Crippen molar-refractivity contribution in [2.45, 2.75) is 25.9 Å². The summed E-state index contributed by atoms with van der Waals surface area (Å²) in [7, 11) is 0. The monoisotopic (exact) mass is 407 g/mol. The van der Waals surface area contributed by atoms with Gasteiger partial charge in [-0.1, -0.05) is 23.7 Å². The van der Waals surface area contributed by atoms with Crippen molar-refractivity contribution in [3.63, 3.8) is 0 Å². The van der Waals surface area contributed by atoms with E-state index in [-0.39, 0.29) is 18.0 Å². The number of morpholine rings is 1. The van der Waals surface area contributed by atoms with Crippen molar-refractivity contribution in [3.8, 4) is 0 Å². The number of thiophene rings is 1. The van der Waals surface area contributed by atoms with Crippen molar-refractivity contribution in [2.75, 3.05) is 38.2 Å². The van der Waals surface area contributed by atoms with Gasteiger partial charge < -0.3 is 15.4 Å². The maximum Gasteiger partial charge on any atom is 0.241 e. The van der Waals surface area contributed by atoms with Gasteiger partial charge in [-0.3, -0.25) is 9.69 Å². The predicted molar refractivity (Wildman–Crippen MR) is 112 cm³/mol. The number of nitrogens with zero attached hydrogens (tertiary/aromatic N) is 1. The number of carbonyl (C=O) groups excluding carboxylic acids is 1. The van der Waals surface area contributed by atoms with Crippen LogP contribution in [0.3, 0.4) is 0 Å². The second-order valence-corrected chi connectivity index (χ2v) is 8.17. The first kappa shape index (κ1) is 20.3. The normalized spacial score (nSPS) is 17.4. The Kier molecular flexibility index (Phi) is 7.26. The van der Waals surface area contributed by atoms with E-state index in [2.05, 4.69) is 33.0 Å². The Bertz CT molecular complexity index is 748. The van der Waals surface area contributed by atoms with Crippen LogP contribution in [0.5, 0.6) is 0 Å². The number of nitrogens with one attached hydrogen (secondary N) is 2. The third-order valence-corrected chi connectivity index (χ3v) is 6.03. The molecule has 0 spiro atoms. The lowest BCUT2D eigenvalue weighted by Gasteiger charge is -2.34. The summed E-state index contributed by atoms with van der Waals surface area (Å²) in [6.45, 7) is 7.88. The number of benzene rings is 1. The number of aryl methyl sites for hydroxylation is 1. The van der Waals surface area contributed by atoms with Gasteiger partial charge in [0.2, 0.25) is 5.91 Å². The summed E-state index contributed by atoms with van der Waals surface area (Å²) in [5, 5.41) is 9.08. The van der Waals surface area contributed by atoms with Gasteiger partial charge in [0, 0.05) is 35.2 Å². The highest BCUT2D eigenvalue weighted by molar-refractivity contribution is 7.10. The van der Waals surface area contributed by atoms with Crippen LogP contribution in [0.4, 0.5) is 5.69 Å². The molecule has 1 aromatic heterocycles. The molecule has 2 atom stereocenters. The van der Waals surface area contributed by atoms with Gasteiger partial charge in [-0.15, -0.1) is 11.3 Å². The first-order valence-electron chi connectivity index (χ1n) is 9.20. The van der Waals surface area contributed by atoms with Crippen LogP contribution in [0, 0.1) is 6.92 Å². The fourth-order valence-corrected chi connectivity index (χ4v) is 4.16. The molecule has 7 heteroatoms. The minimum atomic E-state index is -0.313. The molecular formula is C20H26ClN3O2S. The zero-order chi connectivity index (χ0) is 19.2. The van der Waals surface area contributed by atoms with Crippen LogP contribution in [-0.4, -0.2) is 49.7 Å². The summed E-state index contributed by atoms with van der Waals surface area (Å²) in [4.78, 5) is 16.3. The molecule has 1 amide bonds. The molecule has 0 aliphatic carbocycles. The van der Waals surface area contributed by atoms with Crippen molar-refractivity contribution in [1.82, 2.24) is 10.2 Å². The molecule has 146 valence electrons. The number of anilines is 1. The third kappa shape index (κ3) is 5.53. The van der Waals surface area contributed by atoms with E-state index in [0.717, 1.165) is 37.6 Å². The van der Waals surface area contributed by atoms with Crippen molar-refractivity contribution in [2.24, 2.45) is 0 Å². The van der Waals surface area contributed by atoms with E-state index >= 15 is 0 Å². The molecule has 1 aliphatic rings. The number of ether oxygens (including phenoxy) is 1.